The third-order valence-corrected chi connectivity index (χ3v) is 8.22. The molecule has 0 saturated heterocycles. The van der Waals surface area contributed by atoms with E-state index < -0.39 is 12.8 Å². The Bertz CT molecular complexity index is 1160. The Morgan fingerprint density at radius 1 is 1.17 bits per heavy atom. The number of halogens is 3. The van der Waals surface area contributed by atoms with Crippen LogP contribution in [0.5, 0.6) is 5.19 Å². The number of amides is 1. The number of hydrogen-bond acceptors (Lipinski definition) is 6. The number of nitrogens with zero attached hydrogens (tertiary/aromatic N) is 4. The molecular weight excluding hydrogens is 491 g/mol. The molecule has 7 nitrogen and oxygen atoms in total. The zero-order valence-corrected chi connectivity index (χ0v) is 20.8. The van der Waals surface area contributed by atoms with Crippen LogP contribution < -0.4 is 10.1 Å². The van der Waals surface area contributed by atoms with Crippen molar-refractivity contribution >= 4 is 22.8 Å². The second-order valence-electron chi connectivity index (χ2n) is 9.66. The van der Waals surface area contributed by atoms with Gasteiger partial charge in [0.2, 0.25) is 0 Å². The number of nitrogens with one attached hydrogen (secondary N) is 1. The minimum Gasteiger partial charge on any atom is -0.460 e. The van der Waals surface area contributed by atoms with Gasteiger partial charge in [0.25, 0.3) is 11.1 Å². The Hall–Kier alpha value is -2.66. The number of fused-ring (bicyclic) bond motifs is 2. The van der Waals surface area contributed by atoms with Crippen LogP contribution >= 0.6 is 11.3 Å². The molecule has 5 rings (SSSR count). The highest BCUT2D eigenvalue weighted by molar-refractivity contribution is 7.13. The molecular formula is C25H30F3N5O2S. The maximum absolute atomic E-state index is 12.8. The fraction of sp³-hybridized carbons (Fsp3) is 0.560. The topological polar surface area (TPSA) is 71.8 Å². The first-order valence-corrected chi connectivity index (χ1v) is 13.3. The molecule has 0 radical (unpaired) electrons. The number of alkyl halides is 3. The highest BCUT2D eigenvalue weighted by Crippen LogP contribution is 2.31. The molecule has 1 N–H and O–H groups in total. The van der Waals surface area contributed by atoms with Gasteiger partial charge >= 0.3 is 6.18 Å². The summed E-state index contributed by atoms with van der Waals surface area (Å²) in [6, 6.07) is 5.75. The number of hydrogen-bond donors (Lipinski definition) is 1. The molecule has 1 amide bonds. The molecule has 0 unspecified atom stereocenters. The third kappa shape index (κ3) is 6.18. The fourth-order valence-electron chi connectivity index (χ4n) is 5.18. The van der Waals surface area contributed by atoms with Crippen LogP contribution in [0.3, 0.4) is 0 Å². The standard InChI is InChI=1S/C25H30F3N5O2S/c26-25(27,28)16-35-24-31-20-9-13-32(14-10-22(20)36-24)12-7-17-3-5-18(6-4-17)30-23(34)19-8-15-33-21(19)2-1-11-29-33/h1-2,8,11,15,17-18H,3-7,9-10,12-14,16H2,(H,30,34)/t17-,18-. The molecule has 1 fully saturated rings. The van der Waals surface area contributed by atoms with Gasteiger partial charge in [0.05, 0.1) is 16.8 Å². The van der Waals surface area contributed by atoms with Gasteiger partial charge in [0.1, 0.15) is 0 Å². The van der Waals surface area contributed by atoms with Crippen LogP contribution in [-0.4, -0.2) is 63.9 Å². The Morgan fingerprint density at radius 3 is 2.78 bits per heavy atom. The molecule has 36 heavy (non-hydrogen) atoms. The number of ether oxygens (including phenoxy) is 1. The van der Waals surface area contributed by atoms with Gasteiger partial charge in [0.15, 0.2) is 6.61 Å². The summed E-state index contributed by atoms with van der Waals surface area (Å²) >= 11 is 1.24. The van der Waals surface area contributed by atoms with E-state index in [2.05, 4.69) is 20.3 Å². The van der Waals surface area contributed by atoms with E-state index in [1.807, 2.05) is 18.2 Å². The van der Waals surface area contributed by atoms with Crippen LogP contribution in [0.1, 0.15) is 53.0 Å². The number of carbonyl (C=O) groups is 1. The summed E-state index contributed by atoms with van der Waals surface area (Å²) in [5.74, 6) is 0.613. The molecule has 0 spiro atoms. The lowest BCUT2D eigenvalue weighted by Crippen LogP contribution is -2.38. The van der Waals surface area contributed by atoms with E-state index in [0.29, 0.717) is 11.5 Å². The van der Waals surface area contributed by atoms with Crippen LogP contribution in [0.4, 0.5) is 13.2 Å². The second-order valence-corrected chi connectivity index (χ2v) is 10.7. The molecule has 4 heterocycles. The summed E-state index contributed by atoms with van der Waals surface area (Å²) in [5.41, 5.74) is 2.35. The molecule has 0 aromatic carbocycles. The van der Waals surface area contributed by atoms with Crippen molar-refractivity contribution in [3.63, 3.8) is 0 Å². The van der Waals surface area contributed by atoms with Gasteiger partial charge < -0.3 is 15.0 Å². The Morgan fingerprint density at radius 2 is 1.97 bits per heavy atom. The molecule has 194 valence electrons. The van der Waals surface area contributed by atoms with E-state index >= 15 is 0 Å². The maximum atomic E-state index is 12.8. The van der Waals surface area contributed by atoms with Crippen molar-refractivity contribution in [2.75, 3.05) is 26.2 Å². The van der Waals surface area contributed by atoms with E-state index in [0.717, 1.165) is 80.7 Å². The van der Waals surface area contributed by atoms with Crippen molar-refractivity contribution in [1.82, 2.24) is 24.8 Å². The molecule has 0 atom stereocenters. The number of aromatic nitrogens is 3. The predicted molar refractivity (Wildman–Crippen MR) is 131 cm³/mol. The first-order chi connectivity index (χ1) is 17.3. The van der Waals surface area contributed by atoms with E-state index in [1.165, 1.54) is 11.3 Å². The largest absolute Gasteiger partial charge is 0.460 e. The smallest absolute Gasteiger partial charge is 0.422 e. The van der Waals surface area contributed by atoms with Crippen molar-refractivity contribution in [2.45, 2.75) is 57.2 Å². The molecule has 3 aromatic rings. The Balaban J connectivity index is 1.03. The Labute approximate surface area is 211 Å². The van der Waals surface area contributed by atoms with Crippen molar-refractivity contribution in [2.24, 2.45) is 5.92 Å². The first kappa shape index (κ1) is 25.0. The van der Waals surface area contributed by atoms with Gasteiger partial charge in [-0.05, 0) is 69.2 Å². The maximum Gasteiger partial charge on any atom is 0.422 e. The van der Waals surface area contributed by atoms with Crippen LogP contribution in [0.2, 0.25) is 0 Å². The summed E-state index contributed by atoms with van der Waals surface area (Å²) in [7, 11) is 0. The lowest BCUT2D eigenvalue weighted by atomic mass is 9.84. The van der Waals surface area contributed by atoms with Crippen molar-refractivity contribution in [3.8, 4) is 5.19 Å². The first-order valence-electron chi connectivity index (χ1n) is 12.5. The van der Waals surface area contributed by atoms with Gasteiger partial charge in [-0.25, -0.2) is 9.50 Å². The summed E-state index contributed by atoms with van der Waals surface area (Å²) in [6.45, 7) is 1.47. The summed E-state index contributed by atoms with van der Waals surface area (Å²) in [4.78, 5) is 20.6. The van der Waals surface area contributed by atoms with Crippen molar-refractivity contribution < 1.29 is 22.7 Å². The number of carbonyl (C=O) groups excluding carboxylic acids is 1. The summed E-state index contributed by atoms with van der Waals surface area (Å²) in [5, 5.41) is 7.55. The SMILES string of the molecule is O=C(N[C@H]1CC[C@H](CCN2CCc3nc(OCC(F)(F)F)sc3CC2)CC1)c1ccn2ncccc12. The quantitative estimate of drug-likeness (QED) is 0.495. The molecule has 11 heteroatoms. The third-order valence-electron chi connectivity index (χ3n) is 7.15. The minimum absolute atomic E-state index is 0.0356. The zero-order chi connectivity index (χ0) is 25.1. The minimum atomic E-state index is -4.35. The van der Waals surface area contributed by atoms with E-state index in [9.17, 15) is 18.0 Å². The van der Waals surface area contributed by atoms with Gasteiger partial charge in [-0.3, -0.25) is 4.79 Å². The predicted octanol–water partition coefficient (Wildman–Crippen LogP) is 4.51. The fourth-order valence-corrected chi connectivity index (χ4v) is 6.12. The van der Waals surface area contributed by atoms with Crippen LogP contribution in [0.15, 0.2) is 30.6 Å². The van der Waals surface area contributed by atoms with Crippen molar-refractivity contribution in [1.29, 1.82) is 0 Å². The van der Waals surface area contributed by atoms with E-state index in [4.69, 9.17) is 4.74 Å². The number of rotatable bonds is 7. The van der Waals surface area contributed by atoms with E-state index in [-0.39, 0.29) is 17.1 Å². The van der Waals surface area contributed by atoms with Crippen molar-refractivity contribution in [3.05, 3.63) is 46.7 Å². The molecule has 1 aliphatic carbocycles. The molecule has 1 aliphatic heterocycles. The average Bonchev–Trinajstić information content (AvgIpc) is 3.42. The lowest BCUT2D eigenvalue weighted by molar-refractivity contribution is -0.153. The lowest BCUT2D eigenvalue weighted by Gasteiger charge is -2.30. The normalized spacial score (nSPS) is 21.2. The highest BCUT2D eigenvalue weighted by atomic mass is 32.1. The molecule has 2 aliphatic rings. The average molecular weight is 522 g/mol. The van der Waals surface area contributed by atoms with Gasteiger partial charge in [-0.15, -0.1) is 0 Å². The monoisotopic (exact) mass is 521 g/mol. The Kier molecular flexibility index (Phi) is 7.47. The molecule has 3 aromatic heterocycles. The second kappa shape index (κ2) is 10.8. The summed E-state index contributed by atoms with van der Waals surface area (Å²) in [6.07, 6.45) is 6.00. The van der Waals surface area contributed by atoms with Crippen LogP contribution in [0, 0.1) is 5.92 Å². The van der Waals surface area contributed by atoms with Gasteiger partial charge in [-0.1, -0.05) is 11.3 Å². The highest BCUT2D eigenvalue weighted by Gasteiger charge is 2.30. The summed E-state index contributed by atoms with van der Waals surface area (Å²) < 4.78 is 43.7. The zero-order valence-electron chi connectivity index (χ0n) is 20.0. The molecule has 0 bridgehead atoms. The van der Waals surface area contributed by atoms with Gasteiger partial charge in [0, 0.05) is 42.8 Å². The van der Waals surface area contributed by atoms with Gasteiger partial charge in [-0.2, -0.15) is 18.3 Å². The molecule has 1 saturated carbocycles. The van der Waals surface area contributed by atoms with Crippen LogP contribution in [-0.2, 0) is 12.8 Å². The van der Waals surface area contributed by atoms with E-state index in [1.54, 1.807) is 16.9 Å². The van der Waals surface area contributed by atoms with Crippen LogP contribution in [0.25, 0.3) is 5.52 Å². The number of thiazole rings is 1.